The largest absolute Gasteiger partial charge is 0.394 e. The molecule has 1 atom stereocenters. The minimum atomic E-state index is -0.337. The Morgan fingerprint density at radius 3 is 2.80 bits per heavy atom. The van der Waals surface area contributed by atoms with Gasteiger partial charge in [-0.25, -0.2) is 4.39 Å². The first-order valence-electron chi connectivity index (χ1n) is 6.69. The average Bonchev–Trinajstić information content (AvgIpc) is 2.80. The molecule has 1 unspecified atom stereocenters. The van der Waals surface area contributed by atoms with Crippen LogP contribution in [0.15, 0.2) is 24.3 Å². The zero-order valence-corrected chi connectivity index (χ0v) is 11.6. The van der Waals surface area contributed by atoms with Crippen molar-refractivity contribution in [1.82, 2.24) is 10.3 Å². The molecule has 4 nitrogen and oxygen atoms in total. The van der Waals surface area contributed by atoms with Gasteiger partial charge < -0.3 is 15.4 Å². The Labute approximate surface area is 117 Å². The van der Waals surface area contributed by atoms with Crippen LogP contribution in [-0.4, -0.2) is 28.6 Å². The summed E-state index contributed by atoms with van der Waals surface area (Å²) < 4.78 is 13.1. The van der Waals surface area contributed by atoms with Crippen LogP contribution < -0.4 is 5.32 Å². The fraction of sp³-hybridized carbons (Fsp3) is 0.400. The van der Waals surface area contributed by atoms with E-state index < -0.39 is 0 Å². The Balaban J connectivity index is 2.14. The number of carbonyl (C=O) groups excluding carboxylic acids is 1. The third kappa shape index (κ3) is 3.36. The summed E-state index contributed by atoms with van der Waals surface area (Å²) in [7, 11) is 0. The van der Waals surface area contributed by atoms with Gasteiger partial charge in [-0.3, -0.25) is 4.79 Å². The predicted octanol–water partition coefficient (Wildman–Crippen LogP) is 2.44. The molecule has 2 aromatic rings. The number of aromatic nitrogens is 1. The highest BCUT2D eigenvalue weighted by Gasteiger charge is 2.16. The van der Waals surface area contributed by atoms with Gasteiger partial charge in [0.1, 0.15) is 11.5 Å². The van der Waals surface area contributed by atoms with Crippen LogP contribution in [0.1, 0.15) is 30.8 Å². The molecule has 0 aliphatic carbocycles. The average molecular weight is 278 g/mol. The number of rotatable bonds is 5. The van der Waals surface area contributed by atoms with Gasteiger partial charge in [0.15, 0.2) is 0 Å². The normalized spacial score (nSPS) is 12.8. The van der Waals surface area contributed by atoms with Crippen LogP contribution in [0.2, 0.25) is 0 Å². The van der Waals surface area contributed by atoms with Gasteiger partial charge in [0.25, 0.3) is 5.91 Å². The summed E-state index contributed by atoms with van der Waals surface area (Å²) in [5.74, 6) is -0.248. The lowest BCUT2D eigenvalue weighted by Crippen LogP contribution is -2.38. The molecule has 1 heterocycles. The zero-order chi connectivity index (χ0) is 14.7. The molecular formula is C15H19FN2O2. The number of aromatic amines is 1. The summed E-state index contributed by atoms with van der Waals surface area (Å²) in [4.78, 5) is 15.0. The molecule has 0 saturated heterocycles. The van der Waals surface area contributed by atoms with Crippen LogP contribution in [0, 0.1) is 11.7 Å². The summed E-state index contributed by atoms with van der Waals surface area (Å²) in [6.07, 6.45) is 0.705. The lowest BCUT2D eigenvalue weighted by molar-refractivity contribution is 0.0904. The first kappa shape index (κ1) is 14.5. The molecular weight excluding hydrogens is 259 g/mol. The van der Waals surface area contributed by atoms with Gasteiger partial charge in [0.2, 0.25) is 0 Å². The van der Waals surface area contributed by atoms with Gasteiger partial charge >= 0.3 is 0 Å². The molecule has 0 radical (unpaired) electrons. The van der Waals surface area contributed by atoms with Gasteiger partial charge in [0.05, 0.1) is 12.6 Å². The number of nitrogens with one attached hydrogen (secondary N) is 2. The lowest BCUT2D eigenvalue weighted by Gasteiger charge is -2.17. The van der Waals surface area contributed by atoms with Crippen molar-refractivity contribution in [1.29, 1.82) is 0 Å². The first-order chi connectivity index (χ1) is 9.49. The Morgan fingerprint density at radius 2 is 2.15 bits per heavy atom. The van der Waals surface area contributed by atoms with Crippen molar-refractivity contribution in [3.05, 3.63) is 35.8 Å². The molecule has 20 heavy (non-hydrogen) atoms. The monoisotopic (exact) mass is 278 g/mol. The van der Waals surface area contributed by atoms with E-state index in [1.165, 1.54) is 12.1 Å². The number of amides is 1. The number of halogens is 1. The minimum Gasteiger partial charge on any atom is -0.394 e. The fourth-order valence-corrected chi connectivity index (χ4v) is 2.24. The van der Waals surface area contributed by atoms with E-state index in [0.717, 1.165) is 0 Å². The maximum Gasteiger partial charge on any atom is 0.268 e. The maximum absolute atomic E-state index is 13.1. The van der Waals surface area contributed by atoms with E-state index >= 15 is 0 Å². The predicted molar refractivity (Wildman–Crippen MR) is 76.1 cm³/mol. The van der Waals surface area contributed by atoms with Crippen LogP contribution in [-0.2, 0) is 0 Å². The number of carbonyl (C=O) groups is 1. The van der Waals surface area contributed by atoms with Crippen LogP contribution in [0.4, 0.5) is 4.39 Å². The van der Waals surface area contributed by atoms with Crippen molar-refractivity contribution >= 4 is 16.8 Å². The van der Waals surface area contributed by atoms with Gasteiger partial charge in [0, 0.05) is 10.9 Å². The summed E-state index contributed by atoms with van der Waals surface area (Å²) >= 11 is 0. The molecule has 0 aliphatic heterocycles. The Bertz CT molecular complexity index is 607. The molecule has 108 valence electrons. The van der Waals surface area contributed by atoms with E-state index in [0.29, 0.717) is 28.9 Å². The maximum atomic E-state index is 13.1. The second kappa shape index (κ2) is 6.05. The van der Waals surface area contributed by atoms with Crippen molar-refractivity contribution in [2.24, 2.45) is 5.92 Å². The molecule has 5 heteroatoms. The van der Waals surface area contributed by atoms with E-state index in [4.69, 9.17) is 0 Å². The van der Waals surface area contributed by atoms with E-state index in [2.05, 4.69) is 10.3 Å². The molecule has 1 amide bonds. The van der Waals surface area contributed by atoms with Crippen molar-refractivity contribution in [3.63, 3.8) is 0 Å². The van der Waals surface area contributed by atoms with Crippen molar-refractivity contribution in [3.8, 4) is 0 Å². The van der Waals surface area contributed by atoms with Crippen molar-refractivity contribution in [2.45, 2.75) is 26.3 Å². The highest BCUT2D eigenvalue weighted by Crippen LogP contribution is 2.17. The number of aliphatic hydroxyl groups is 1. The lowest BCUT2D eigenvalue weighted by atomic mass is 10.0. The van der Waals surface area contributed by atoms with E-state index in [-0.39, 0.29) is 24.4 Å². The SMILES string of the molecule is CC(C)CC(CO)NC(=O)c1cc2cc(F)ccc2[nH]1. The second-order valence-corrected chi connectivity index (χ2v) is 5.40. The van der Waals surface area contributed by atoms with E-state index in [9.17, 15) is 14.3 Å². The van der Waals surface area contributed by atoms with E-state index in [1.807, 2.05) is 13.8 Å². The third-order valence-corrected chi connectivity index (χ3v) is 3.14. The topological polar surface area (TPSA) is 65.1 Å². The smallest absolute Gasteiger partial charge is 0.268 e. The Kier molecular flexibility index (Phi) is 4.39. The Morgan fingerprint density at radius 1 is 1.40 bits per heavy atom. The highest BCUT2D eigenvalue weighted by atomic mass is 19.1. The second-order valence-electron chi connectivity index (χ2n) is 5.40. The summed E-state index contributed by atoms with van der Waals surface area (Å²) in [5, 5.41) is 12.7. The van der Waals surface area contributed by atoms with E-state index in [1.54, 1.807) is 12.1 Å². The molecule has 0 fully saturated rings. The number of H-pyrrole nitrogens is 1. The molecule has 3 N–H and O–H groups in total. The van der Waals surface area contributed by atoms with Crippen LogP contribution >= 0.6 is 0 Å². The molecule has 0 bridgehead atoms. The number of benzene rings is 1. The molecule has 2 rings (SSSR count). The summed E-state index contributed by atoms with van der Waals surface area (Å²) in [5.41, 5.74) is 1.08. The summed E-state index contributed by atoms with van der Waals surface area (Å²) in [6.45, 7) is 3.96. The Hall–Kier alpha value is -1.88. The van der Waals surface area contributed by atoms with Crippen molar-refractivity contribution in [2.75, 3.05) is 6.61 Å². The zero-order valence-electron chi connectivity index (χ0n) is 11.6. The standard InChI is InChI=1S/C15H19FN2O2/c1-9(2)5-12(8-19)17-15(20)14-7-10-6-11(16)3-4-13(10)18-14/h3-4,6-7,9,12,18-19H,5,8H2,1-2H3,(H,17,20). The molecule has 1 aromatic heterocycles. The van der Waals surface area contributed by atoms with Gasteiger partial charge in [-0.15, -0.1) is 0 Å². The first-order valence-corrected chi connectivity index (χ1v) is 6.69. The van der Waals surface area contributed by atoms with Crippen LogP contribution in [0.25, 0.3) is 10.9 Å². The van der Waals surface area contributed by atoms with Crippen LogP contribution in [0.5, 0.6) is 0 Å². The number of aliphatic hydroxyl groups excluding tert-OH is 1. The van der Waals surface area contributed by atoms with Crippen LogP contribution in [0.3, 0.4) is 0 Å². The third-order valence-electron chi connectivity index (χ3n) is 3.14. The fourth-order valence-electron chi connectivity index (χ4n) is 2.24. The number of hydrogen-bond donors (Lipinski definition) is 3. The highest BCUT2D eigenvalue weighted by molar-refractivity contribution is 5.98. The quantitative estimate of drug-likeness (QED) is 0.786. The van der Waals surface area contributed by atoms with Gasteiger partial charge in [-0.05, 0) is 36.6 Å². The minimum absolute atomic E-state index is 0.0984. The molecule has 0 aliphatic rings. The molecule has 1 aromatic carbocycles. The molecule has 0 saturated carbocycles. The van der Waals surface area contributed by atoms with Gasteiger partial charge in [-0.2, -0.15) is 0 Å². The summed E-state index contributed by atoms with van der Waals surface area (Å²) in [6, 6.07) is 5.65. The van der Waals surface area contributed by atoms with Gasteiger partial charge in [-0.1, -0.05) is 13.8 Å². The molecule has 0 spiro atoms. The number of hydrogen-bond acceptors (Lipinski definition) is 2. The number of fused-ring (bicyclic) bond motifs is 1. The van der Waals surface area contributed by atoms with Crippen molar-refractivity contribution < 1.29 is 14.3 Å².